The van der Waals surface area contributed by atoms with Crippen LogP contribution in [0.3, 0.4) is 0 Å². The van der Waals surface area contributed by atoms with E-state index in [2.05, 4.69) is 22.6 Å². The van der Waals surface area contributed by atoms with E-state index < -0.39 is 0 Å². The van der Waals surface area contributed by atoms with Crippen LogP contribution in [0.4, 0.5) is 5.95 Å². The van der Waals surface area contributed by atoms with E-state index in [1.807, 2.05) is 0 Å². The molecule has 0 aliphatic carbocycles. The summed E-state index contributed by atoms with van der Waals surface area (Å²) in [6.45, 7) is 5.89. The molecular weight excluding hydrogens is 240 g/mol. The third-order valence-corrected chi connectivity index (χ3v) is 3.66. The Kier molecular flexibility index (Phi) is 5.22. The van der Waals surface area contributed by atoms with Gasteiger partial charge < -0.3 is 19.9 Å². The number of aryl methyl sites for hydroxylation is 2. The number of hydrogen-bond acceptors (Lipinski definition) is 4. The van der Waals surface area contributed by atoms with Crippen molar-refractivity contribution in [1.82, 2.24) is 9.55 Å². The van der Waals surface area contributed by atoms with Gasteiger partial charge in [-0.05, 0) is 25.7 Å². The Morgan fingerprint density at radius 1 is 1.53 bits per heavy atom. The number of imidazole rings is 1. The lowest BCUT2D eigenvalue weighted by Gasteiger charge is -2.31. The molecule has 1 aromatic heterocycles. The lowest BCUT2D eigenvalue weighted by atomic mass is 10.1. The molecule has 1 aliphatic heterocycles. The van der Waals surface area contributed by atoms with Gasteiger partial charge in [-0.1, -0.05) is 6.92 Å². The molecule has 0 aromatic carbocycles. The number of nitrogens with two attached hydrogens (primary N) is 1. The van der Waals surface area contributed by atoms with Crippen molar-refractivity contribution in [2.75, 3.05) is 31.7 Å². The molecule has 1 aliphatic rings. The normalized spacial score (nSPS) is 19.9. The number of aromatic nitrogens is 2. The zero-order valence-electron chi connectivity index (χ0n) is 12.1. The average molecular weight is 266 g/mol. The first-order chi connectivity index (χ1) is 9.24. The average Bonchev–Trinajstić information content (AvgIpc) is 2.82. The summed E-state index contributed by atoms with van der Waals surface area (Å²) < 4.78 is 7.39. The molecular formula is C14H26N4O. The van der Waals surface area contributed by atoms with Crippen molar-refractivity contribution in [3.05, 3.63) is 11.9 Å². The molecule has 2 N–H and O–H groups in total. The molecule has 1 saturated heterocycles. The van der Waals surface area contributed by atoms with Gasteiger partial charge in [-0.2, -0.15) is 0 Å². The molecule has 108 valence electrons. The fourth-order valence-corrected chi connectivity index (χ4v) is 2.62. The van der Waals surface area contributed by atoms with Gasteiger partial charge in [-0.25, -0.2) is 4.98 Å². The van der Waals surface area contributed by atoms with Crippen LogP contribution >= 0.6 is 0 Å². The van der Waals surface area contributed by atoms with Gasteiger partial charge in [-0.3, -0.25) is 0 Å². The minimum Gasteiger partial charge on any atom is -0.385 e. The molecule has 2 rings (SSSR count). The highest BCUT2D eigenvalue weighted by molar-refractivity contribution is 5.34. The van der Waals surface area contributed by atoms with Crippen molar-refractivity contribution in [1.29, 1.82) is 0 Å². The van der Waals surface area contributed by atoms with Crippen molar-refractivity contribution in [3.63, 3.8) is 0 Å². The highest BCUT2D eigenvalue weighted by Crippen LogP contribution is 2.20. The van der Waals surface area contributed by atoms with Gasteiger partial charge in [0.05, 0.1) is 5.69 Å². The smallest absolute Gasteiger partial charge is 0.205 e. The van der Waals surface area contributed by atoms with E-state index in [0.29, 0.717) is 0 Å². The Hall–Kier alpha value is -1.07. The molecule has 0 spiro atoms. The monoisotopic (exact) mass is 266 g/mol. The third kappa shape index (κ3) is 3.70. The van der Waals surface area contributed by atoms with E-state index in [1.54, 1.807) is 7.11 Å². The van der Waals surface area contributed by atoms with Crippen molar-refractivity contribution < 1.29 is 4.74 Å². The van der Waals surface area contributed by atoms with Crippen LogP contribution in [-0.2, 0) is 17.7 Å². The maximum absolute atomic E-state index is 6.07. The largest absolute Gasteiger partial charge is 0.385 e. The fraction of sp³-hybridized carbons (Fsp3) is 0.786. The van der Waals surface area contributed by atoms with Crippen LogP contribution < -0.4 is 10.6 Å². The second-order valence-corrected chi connectivity index (χ2v) is 5.27. The van der Waals surface area contributed by atoms with Crippen LogP contribution in [0.2, 0.25) is 0 Å². The van der Waals surface area contributed by atoms with Gasteiger partial charge in [0.25, 0.3) is 0 Å². The standard InChI is InChI=1S/C14H26N4O/c1-3-13-11-18(8-5-9-19-2)14(16-13)17-7-4-6-12(15)10-17/h11-12H,3-10,15H2,1-2H3/t12-/m1/s1. The van der Waals surface area contributed by atoms with Gasteiger partial charge in [0.2, 0.25) is 5.95 Å². The fourth-order valence-electron chi connectivity index (χ4n) is 2.62. The summed E-state index contributed by atoms with van der Waals surface area (Å²) in [4.78, 5) is 7.09. The molecule has 1 fully saturated rings. The molecule has 0 saturated carbocycles. The van der Waals surface area contributed by atoms with E-state index in [9.17, 15) is 0 Å². The van der Waals surface area contributed by atoms with Gasteiger partial charge in [0.15, 0.2) is 0 Å². The Balaban J connectivity index is 2.10. The third-order valence-electron chi connectivity index (χ3n) is 3.66. The van der Waals surface area contributed by atoms with Crippen LogP contribution in [-0.4, -0.2) is 42.4 Å². The van der Waals surface area contributed by atoms with Crippen LogP contribution in [0.15, 0.2) is 6.20 Å². The summed E-state index contributed by atoms with van der Waals surface area (Å²) in [6.07, 6.45) is 6.45. The van der Waals surface area contributed by atoms with Crippen LogP contribution in [0, 0.1) is 0 Å². The molecule has 2 heterocycles. The molecule has 0 amide bonds. The number of hydrogen-bond donors (Lipinski definition) is 1. The van der Waals surface area contributed by atoms with Gasteiger partial charge in [-0.15, -0.1) is 0 Å². The quantitative estimate of drug-likeness (QED) is 0.791. The summed E-state index contributed by atoms with van der Waals surface area (Å²) >= 11 is 0. The van der Waals surface area contributed by atoms with Gasteiger partial charge in [0, 0.05) is 45.6 Å². The first-order valence-corrected chi connectivity index (χ1v) is 7.30. The molecule has 5 heteroatoms. The topological polar surface area (TPSA) is 56.3 Å². The molecule has 0 unspecified atom stereocenters. The first kappa shape index (κ1) is 14.3. The van der Waals surface area contributed by atoms with E-state index in [4.69, 9.17) is 15.5 Å². The molecule has 1 atom stereocenters. The van der Waals surface area contributed by atoms with Crippen molar-refractivity contribution in [2.24, 2.45) is 5.73 Å². The highest BCUT2D eigenvalue weighted by Gasteiger charge is 2.21. The highest BCUT2D eigenvalue weighted by atomic mass is 16.5. The summed E-state index contributed by atoms with van der Waals surface area (Å²) in [5.41, 5.74) is 7.23. The van der Waals surface area contributed by atoms with E-state index in [-0.39, 0.29) is 6.04 Å². The first-order valence-electron chi connectivity index (χ1n) is 7.30. The summed E-state index contributed by atoms with van der Waals surface area (Å²) in [6, 6.07) is 0.281. The molecule has 5 nitrogen and oxygen atoms in total. The van der Waals surface area contributed by atoms with E-state index >= 15 is 0 Å². The Bertz CT molecular complexity index is 391. The van der Waals surface area contributed by atoms with Crippen LogP contribution in [0.1, 0.15) is 31.9 Å². The number of piperidine rings is 1. The second-order valence-electron chi connectivity index (χ2n) is 5.27. The van der Waals surface area contributed by atoms with Crippen molar-refractivity contribution in [3.8, 4) is 0 Å². The Morgan fingerprint density at radius 3 is 3.05 bits per heavy atom. The van der Waals surface area contributed by atoms with E-state index in [1.165, 1.54) is 0 Å². The predicted molar refractivity (Wildman–Crippen MR) is 77.5 cm³/mol. The van der Waals surface area contributed by atoms with Crippen LogP contribution in [0.5, 0.6) is 0 Å². The van der Waals surface area contributed by atoms with E-state index in [0.717, 1.165) is 63.6 Å². The Labute approximate surface area is 115 Å². The molecule has 0 radical (unpaired) electrons. The van der Waals surface area contributed by atoms with Crippen molar-refractivity contribution >= 4 is 5.95 Å². The maximum atomic E-state index is 6.07. The molecule has 19 heavy (non-hydrogen) atoms. The zero-order chi connectivity index (χ0) is 13.7. The number of methoxy groups -OCH3 is 1. The minimum atomic E-state index is 0.281. The second kappa shape index (κ2) is 6.91. The number of nitrogens with zero attached hydrogens (tertiary/aromatic N) is 3. The number of anilines is 1. The Morgan fingerprint density at radius 2 is 2.37 bits per heavy atom. The summed E-state index contributed by atoms with van der Waals surface area (Å²) in [5, 5.41) is 0. The molecule has 1 aromatic rings. The van der Waals surface area contributed by atoms with Gasteiger partial charge in [0.1, 0.15) is 0 Å². The summed E-state index contributed by atoms with van der Waals surface area (Å²) in [5.74, 6) is 1.09. The predicted octanol–water partition coefficient (Wildman–Crippen LogP) is 1.41. The minimum absolute atomic E-state index is 0.281. The maximum Gasteiger partial charge on any atom is 0.205 e. The van der Waals surface area contributed by atoms with Crippen molar-refractivity contribution in [2.45, 2.75) is 45.2 Å². The van der Waals surface area contributed by atoms with Crippen LogP contribution in [0.25, 0.3) is 0 Å². The molecule has 0 bridgehead atoms. The number of rotatable bonds is 6. The zero-order valence-corrected chi connectivity index (χ0v) is 12.1. The SMILES string of the molecule is CCc1cn(CCCOC)c(N2CCC[C@@H](N)C2)n1. The van der Waals surface area contributed by atoms with Gasteiger partial charge >= 0.3 is 0 Å². The summed E-state index contributed by atoms with van der Waals surface area (Å²) in [7, 11) is 1.75. The lowest BCUT2D eigenvalue weighted by Crippen LogP contribution is -2.44. The lowest BCUT2D eigenvalue weighted by molar-refractivity contribution is 0.190. The number of ether oxygens (including phenoxy) is 1.